The molecule has 126 valence electrons. The minimum absolute atomic E-state index is 0.0518. The summed E-state index contributed by atoms with van der Waals surface area (Å²) < 4.78 is 45.9. The van der Waals surface area contributed by atoms with Crippen LogP contribution >= 0.6 is 0 Å². The summed E-state index contributed by atoms with van der Waals surface area (Å²) in [6.07, 6.45) is -4.71. The lowest BCUT2D eigenvalue weighted by Crippen LogP contribution is -2.17. The standard InChI is InChI=1S/C17H14F3NO3/c1-21-9-14-13(16(21)22)3-2-4-15(14)23-10-11-5-7-12(8-6-11)24-17(18,19)20/h2-8H,9-10H2,1H3. The molecular formula is C17H14F3NO3. The zero-order valence-electron chi connectivity index (χ0n) is 12.8. The van der Waals surface area contributed by atoms with Gasteiger partial charge in [-0.05, 0) is 29.8 Å². The van der Waals surface area contributed by atoms with Gasteiger partial charge in [0.1, 0.15) is 18.1 Å². The SMILES string of the molecule is CN1Cc2c(OCc3ccc(OC(F)(F)F)cc3)cccc2C1=O. The molecule has 1 aliphatic heterocycles. The molecule has 1 heterocycles. The Hall–Kier alpha value is -2.70. The number of ether oxygens (including phenoxy) is 2. The summed E-state index contributed by atoms with van der Waals surface area (Å²) >= 11 is 0. The fourth-order valence-corrected chi connectivity index (χ4v) is 2.53. The predicted molar refractivity (Wildman–Crippen MR) is 79.7 cm³/mol. The smallest absolute Gasteiger partial charge is 0.489 e. The van der Waals surface area contributed by atoms with Crippen LogP contribution in [-0.2, 0) is 13.2 Å². The molecule has 0 aromatic heterocycles. The lowest BCUT2D eigenvalue weighted by molar-refractivity contribution is -0.274. The number of hydrogen-bond donors (Lipinski definition) is 0. The molecule has 0 aliphatic carbocycles. The van der Waals surface area contributed by atoms with E-state index >= 15 is 0 Å². The predicted octanol–water partition coefficient (Wildman–Crippen LogP) is 3.75. The molecule has 0 atom stereocenters. The average molecular weight is 337 g/mol. The van der Waals surface area contributed by atoms with E-state index in [0.29, 0.717) is 23.4 Å². The lowest BCUT2D eigenvalue weighted by Gasteiger charge is -2.12. The van der Waals surface area contributed by atoms with Crippen molar-refractivity contribution in [3.8, 4) is 11.5 Å². The summed E-state index contributed by atoms with van der Waals surface area (Å²) in [7, 11) is 1.71. The monoisotopic (exact) mass is 337 g/mol. The fourth-order valence-electron chi connectivity index (χ4n) is 2.53. The van der Waals surface area contributed by atoms with Crippen molar-refractivity contribution in [3.63, 3.8) is 0 Å². The van der Waals surface area contributed by atoms with Gasteiger partial charge in [-0.2, -0.15) is 0 Å². The van der Waals surface area contributed by atoms with Gasteiger partial charge in [0.2, 0.25) is 0 Å². The van der Waals surface area contributed by atoms with E-state index in [1.54, 1.807) is 30.1 Å². The zero-order valence-corrected chi connectivity index (χ0v) is 12.8. The normalized spacial score (nSPS) is 13.8. The van der Waals surface area contributed by atoms with Gasteiger partial charge in [0.25, 0.3) is 5.91 Å². The summed E-state index contributed by atoms with van der Waals surface area (Å²) in [5.74, 6) is 0.268. The number of benzene rings is 2. The molecule has 24 heavy (non-hydrogen) atoms. The van der Waals surface area contributed by atoms with Crippen LogP contribution in [0.1, 0.15) is 21.5 Å². The summed E-state index contributed by atoms with van der Waals surface area (Å²) in [5.41, 5.74) is 2.13. The van der Waals surface area contributed by atoms with Gasteiger partial charge >= 0.3 is 6.36 Å². The van der Waals surface area contributed by atoms with Gasteiger partial charge in [-0.1, -0.05) is 18.2 Å². The van der Waals surface area contributed by atoms with E-state index in [-0.39, 0.29) is 18.3 Å². The minimum Gasteiger partial charge on any atom is -0.489 e. The number of carbonyl (C=O) groups is 1. The van der Waals surface area contributed by atoms with Gasteiger partial charge < -0.3 is 14.4 Å². The second-order valence-corrected chi connectivity index (χ2v) is 5.42. The first-order valence-electron chi connectivity index (χ1n) is 7.18. The summed E-state index contributed by atoms with van der Waals surface area (Å²) in [6, 6.07) is 10.7. The number of amides is 1. The third kappa shape index (κ3) is 3.45. The zero-order chi connectivity index (χ0) is 17.3. The summed E-state index contributed by atoms with van der Waals surface area (Å²) in [5, 5.41) is 0. The Balaban J connectivity index is 1.68. The molecule has 1 amide bonds. The largest absolute Gasteiger partial charge is 0.573 e. The molecule has 0 spiro atoms. The maximum atomic E-state index is 12.1. The highest BCUT2D eigenvalue weighted by Crippen LogP contribution is 2.30. The molecule has 0 fully saturated rings. The number of nitrogens with zero attached hydrogens (tertiary/aromatic N) is 1. The summed E-state index contributed by atoms with van der Waals surface area (Å²) in [6.45, 7) is 0.656. The quantitative estimate of drug-likeness (QED) is 0.853. The van der Waals surface area contributed by atoms with Crippen LogP contribution in [0.2, 0.25) is 0 Å². The average Bonchev–Trinajstić information content (AvgIpc) is 2.81. The van der Waals surface area contributed by atoms with Crippen molar-refractivity contribution in [2.24, 2.45) is 0 Å². The first-order chi connectivity index (χ1) is 11.3. The Morgan fingerprint density at radius 3 is 2.50 bits per heavy atom. The van der Waals surface area contributed by atoms with Crippen molar-refractivity contribution >= 4 is 5.91 Å². The van der Waals surface area contributed by atoms with Crippen LogP contribution in [0.4, 0.5) is 13.2 Å². The third-order valence-corrected chi connectivity index (χ3v) is 3.66. The molecule has 0 radical (unpaired) electrons. The van der Waals surface area contributed by atoms with Crippen LogP contribution in [0.5, 0.6) is 11.5 Å². The first-order valence-corrected chi connectivity index (χ1v) is 7.18. The van der Waals surface area contributed by atoms with Crippen LogP contribution in [0, 0.1) is 0 Å². The fraction of sp³-hybridized carbons (Fsp3) is 0.235. The van der Waals surface area contributed by atoms with Crippen LogP contribution in [0.3, 0.4) is 0 Å². The van der Waals surface area contributed by atoms with E-state index in [0.717, 1.165) is 5.56 Å². The topological polar surface area (TPSA) is 38.8 Å². The van der Waals surface area contributed by atoms with E-state index in [9.17, 15) is 18.0 Å². The summed E-state index contributed by atoms with van der Waals surface area (Å²) in [4.78, 5) is 13.5. The first kappa shape index (κ1) is 16.2. The Labute approximate surface area is 136 Å². The van der Waals surface area contributed by atoms with E-state index in [2.05, 4.69) is 4.74 Å². The van der Waals surface area contributed by atoms with E-state index in [1.807, 2.05) is 0 Å². The molecule has 7 heteroatoms. The van der Waals surface area contributed by atoms with Gasteiger partial charge in [-0.15, -0.1) is 13.2 Å². The van der Waals surface area contributed by atoms with E-state index in [1.165, 1.54) is 24.3 Å². The molecule has 0 saturated heterocycles. The van der Waals surface area contributed by atoms with Crippen LogP contribution in [0.15, 0.2) is 42.5 Å². The molecule has 0 N–H and O–H groups in total. The molecule has 0 bridgehead atoms. The number of halogens is 3. The van der Waals surface area contributed by atoms with Crippen molar-refractivity contribution in [3.05, 3.63) is 59.2 Å². The molecule has 3 rings (SSSR count). The van der Waals surface area contributed by atoms with E-state index < -0.39 is 6.36 Å². The number of alkyl halides is 3. The number of fused-ring (bicyclic) bond motifs is 1. The van der Waals surface area contributed by atoms with Gasteiger partial charge in [-0.25, -0.2) is 0 Å². The van der Waals surface area contributed by atoms with Crippen LogP contribution < -0.4 is 9.47 Å². The van der Waals surface area contributed by atoms with Crippen molar-refractivity contribution in [1.82, 2.24) is 4.90 Å². The highest BCUT2D eigenvalue weighted by molar-refractivity contribution is 5.98. The molecule has 0 saturated carbocycles. The van der Waals surface area contributed by atoms with Crippen molar-refractivity contribution in [1.29, 1.82) is 0 Å². The number of rotatable bonds is 4. The highest BCUT2D eigenvalue weighted by atomic mass is 19.4. The third-order valence-electron chi connectivity index (χ3n) is 3.66. The van der Waals surface area contributed by atoms with Gasteiger partial charge in [0.05, 0.1) is 6.54 Å². The van der Waals surface area contributed by atoms with Gasteiger partial charge in [0.15, 0.2) is 0 Å². The molecule has 2 aromatic carbocycles. The number of carbonyl (C=O) groups excluding carboxylic acids is 1. The van der Waals surface area contributed by atoms with Gasteiger partial charge in [-0.3, -0.25) is 4.79 Å². The van der Waals surface area contributed by atoms with Crippen molar-refractivity contribution < 1.29 is 27.4 Å². The van der Waals surface area contributed by atoms with Crippen molar-refractivity contribution in [2.45, 2.75) is 19.5 Å². The second kappa shape index (κ2) is 6.07. The van der Waals surface area contributed by atoms with Crippen LogP contribution in [-0.4, -0.2) is 24.2 Å². The molecule has 1 aliphatic rings. The molecule has 0 unspecified atom stereocenters. The maximum absolute atomic E-state index is 12.1. The maximum Gasteiger partial charge on any atom is 0.573 e. The Morgan fingerprint density at radius 2 is 1.83 bits per heavy atom. The highest BCUT2D eigenvalue weighted by Gasteiger charge is 2.31. The van der Waals surface area contributed by atoms with Crippen molar-refractivity contribution in [2.75, 3.05) is 7.05 Å². The lowest BCUT2D eigenvalue weighted by atomic mass is 10.1. The molecule has 4 nitrogen and oxygen atoms in total. The Morgan fingerprint density at radius 1 is 1.12 bits per heavy atom. The van der Waals surface area contributed by atoms with Crippen LogP contribution in [0.25, 0.3) is 0 Å². The molecule has 2 aromatic rings. The Kier molecular flexibility index (Phi) is 4.09. The minimum atomic E-state index is -4.71. The second-order valence-electron chi connectivity index (χ2n) is 5.42. The molecular weight excluding hydrogens is 323 g/mol. The van der Waals surface area contributed by atoms with E-state index in [4.69, 9.17) is 4.74 Å². The Bertz CT molecular complexity index is 757. The number of hydrogen-bond acceptors (Lipinski definition) is 3. The van der Waals surface area contributed by atoms with Gasteiger partial charge in [0, 0.05) is 18.2 Å².